The lowest BCUT2D eigenvalue weighted by Crippen LogP contribution is -2.63. The second-order valence-corrected chi connectivity index (χ2v) is 6.39. The first-order chi connectivity index (χ1) is 9.43. The molecule has 4 nitrogen and oxygen atoms in total. The molecule has 2 aliphatic rings. The molecular weight excluding hydrogens is 299 g/mol. The quantitative estimate of drug-likeness (QED) is 0.861. The summed E-state index contributed by atoms with van der Waals surface area (Å²) >= 11 is 12.1. The number of hydrogen-bond acceptors (Lipinski definition) is 2. The average Bonchev–Trinajstić information content (AvgIpc) is 2.76. The van der Waals surface area contributed by atoms with Gasteiger partial charge in [-0.2, -0.15) is 0 Å². The van der Waals surface area contributed by atoms with Crippen molar-refractivity contribution in [2.24, 2.45) is 5.41 Å². The van der Waals surface area contributed by atoms with E-state index in [1.54, 1.807) is 18.2 Å². The van der Waals surface area contributed by atoms with Crippen LogP contribution in [-0.4, -0.2) is 18.0 Å². The number of fused-ring (bicyclic) bond motifs is 1. The minimum atomic E-state index is -0.556. The zero-order chi connectivity index (χ0) is 14.5. The molecule has 1 N–H and O–H groups in total. The number of amides is 3. The van der Waals surface area contributed by atoms with Gasteiger partial charge in [0.05, 0.1) is 16.1 Å². The van der Waals surface area contributed by atoms with Crippen LogP contribution in [0.3, 0.4) is 0 Å². The number of halogens is 2. The highest BCUT2D eigenvalue weighted by atomic mass is 35.5. The van der Waals surface area contributed by atoms with Crippen LogP contribution in [-0.2, 0) is 4.79 Å². The monoisotopic (exact) mass is 312 g/mol. The Morgan fingerprint density at radius 2 is 2.10 bits per heavy atom. The molecule has 6 heteroatoms. The van der Waals surface area contributed by atoms with Crippen LogP contribution in [0.4, 0.5) is 10.5 Å². The number of carbonyl (C=O) groups is 2. The van der Waals surface area contributed by atoms with E-state index >= 15 is 0 Å². The lowest BCUT2D eigenvalue weighted by Gasteiger charge is -2.41. The van der Waals surface area contributed by atoms with Gasteiger partial charge < -0.3 is 5.32 Å². The predicted molar refractivity (Wildman–Crippen MR) is 78.2 cm³/mol. The summed E-state index contributed by atoms with van der Waals surface area (Å²) in [5.41, 5.74) is -0.215. The van der Waals surface area contributed by atoms with Crippen LogP contribution >= 0.6 is 23.2 Å². The van der Waals surface area contributed by atoms with Gasteiger partial charge in [-0.1, -0.05) is 29.6 Å². The number of nitrogens with one attached hydrogen (secondary N) is 1. The van der Waals surface area contributed by atoms with Gasteiger partial charge >= 0.3 is 6.03 Å². The summed E-state index contributed by atoms with van der Waals surface area (Å²) in [6.45, 7) is 1.90. The smallest absolute Gasteiger partial charge is 0.329 e. The molecule has 106 valence electrons. The Labute approximate surface area is 127 Å². The first kappa shape index (κ1) is 13.7. The van der Waals surface area contributed by atoms with Gasteiger partial charge in [-0.25, -0.2) is 9.69 Å². The summed E-state index contributed by atoms with van der Waals surface area (Å²) in [5.74, 6) is -0.201. The van der Waals surface area contributed by atoms with Crippen molar-refractivity contribution in [2.45, 2.75) is 32.2 Å². The fourth-order valence-corrected chi connectivity index (χ4v) is 3.46. The van der Waals surface area contributed by atoms with E-state index in [-0.39, 0.29) is 11.9 Å². The lowest BCUT2D eigenvalue weighted by atomic mass is 9.81. The zero-order valence-corrected chi connectivity index (χ0v) is 12.5. The molecule has 3 rings (SSSR count). The molecule has 1 aromatic carbocycles. The standard InChI is InChI=1S/C14H14Cl2N2O2/c1-14-6-2-3-11(14)17-13(20)18(12(14)19)10-7-8(15)4-5-9(10)16/h4-5,7,11H,2-3,6H2,1H3,(H,17,20). The van der Waals surface area contributed by atoms with Gasteiger partial charge in [0.25, 0.3) is 0 Å². The third-order valence-corrected chi connectivity index (χ3v) is 4.85. The Morgan fingerprint density at radius 1 is 1.35 bits per heavy atom. The van der Waals surface area contributed by atoms with Crippen molar-refractivity contribution >= 4 is 40.8 Å². The molecule has 1 saturated carbocycles. The summed E-state index contributed by atoms with van der Waals surface area (Å²) in [5, 5.41) is 3.67. The van der Waals surface area contributed by atoms with Gasteiger partial charge in [0.1, 0.15) is 0 Å². The van der Waals surface area contributed by atoms with E-state index in [1.807, 2.05) is 6.92 Å². The Hall–Kier alpha value is -1.26. The Bertz CT molecular complexity index is 605. The van der Waals surface area contributed by atoms with Crippen LogP contribution in [0.15, 0.2) is 18.2 Å². The van der Waals surface area contributed by atoms with E-state index in [0.29, 0.717) is 15.7 Å². The number of hydrogen-bond donors (Lipinski definition) is 1. The van der Waals surface area contributed by atoms with E-state index in [9.17, 15) is 9.59 Å². The molecule has 2 fully saturated rings. The molecule has 1 aliphatic heterocycles. The van der Waals surface area contributed by atoms with Gasteiger partial charge in [0.2, 0.25) is 5.91 Å². The zero-order valence-electron chi connectivity index (χ0n) is 11.0. The first-order valence-corrected chi connectivity index (χ1v) is 7.29. The molecule has 2 unspecified atom stereocenters. The Kier molecular flexibility index (Phi) is 3.18. The second kappa shape index (κ2) is 4.64. The van der Waals surface area contributed by atoms with Crippen molar-refractivity contribution in [1.82, 2.24) is 5.32 Å². The minimum absolute atomic E-state index is 0.0864. The molecule has 0 aromatic heterocycles. The molecule has 1 heterocycles. The number of imide groups is 1. The molecule has 20 heavy (non-hydrogen) atoms. The van der Waals surface area contributed by atoms with Crippen LogP contribution in [0.5, 0.6) is 0 Å². The van der Waals surface area contributed by atoms with E-state index in [0.717, 1.165) is 24.2 Å². The highest BCUT2D eigenvalue weighted by Crippen LogP contribution is 2.44. The van der Waals surface area contributed by atoms with Gasteiger partial charge in [0, 0.05) is 11.1 Å². The normalized spacial score (nSPS) is 29.4. The van der Waals surface area contributed by atoms with Gasteiger partial charge in [-0.3, -0.25) is 4.79 Å². The summed E-state index contributed by atoms with van der Waals surface area (Å²) in [6.07, 6.45) is 2.54. The second-order valence-electron chi connectivity index (χ2n) is 5.55. The number of rotatable bonds is 1. The van der Waals surface area contributed by atoms with Gasteiger partial charge in [-0.15, -0.1) is 0 Å². The van der Waals surface area contributed by atoms with Gasteiger partial charge in [-0.05, 0) is 38.0 Å². The van der Waals surface area contributed by atoms with Crippen LogP contribution < -0.4 is 10.2 Å². The molecule has 1 saturated heterocycles. The molecule has 2 atom stereocenters. The summed E-state index contributed by atoms with van der Waals surface area (Å²) < 4.78 is 0. The number of benzene rings is 1. The summed E-state index contributed by atoms with van der Waals surface area (Å²) in [4.78, 5) is 26.1. The van der Waals surface area contributed by atoms with Crippen LogP contribution in [0.2, 0.25) is 10.0 Å². The number of urea groups is 1. The molecule has 0 bridgehead atoms. The van der Waals surface area contributed by atoms with E-state index in [2.05, 4.69) is 5.32 Å². The number of nitrogens with zero attached hydrogens (tertiary/aromatic N) is 1. The van der Waals surface area contributed by atoms with Crippen LogP contribution in [0.1, 0.15) is 26.2 Å². The maximum Gasteiger partial charge on any atom is 0.329 e. The maximum absolute atomic E-state index is 12.8. The van der Waals surface area contributed by atoms with Gasteiger partial charge in [0.15, 0.2) is 0 Å². The van der Waals surface area contributed by atoms with Crippen LogP contribution in [0, 0.1) is 5.41 Å². The van der Waals surface area contributed by atoms with Crippen LogP contribution in [0.25, 0.3) is 0 Å². The molecule has 1 aliphatic carbocycles. The Balaban J connectivity index is 2.06. The lowest BCUT2D eigenvalue weighted by molar-refractivity contribution is -0.128. The largest absolute Gasteiger partial charge is 0.334 e. The van der Waals surface area contributed by atoms with Crippen molar-refractivity contribution < 1.29 is 9.59 Å². The number of anilines is 1. The van der Waals surface area contributed by atoms with Crippen molar-refractivity contribution in [3.05, 3.63) is 28.2 Å². The van der Waals surface area contributed by atoms with E-state index < -0.39 is 11.4 Å². The fourth-order valence-electron chi connectivity index (χ4n) is 3.09. The van der Waals surface area contributed by atoms with Crippen molar-refractivity contribution in [2.75, 3.05) is 4.90 Å². The van der Waals surface area contributed by atoms with E-state index in [1.165, 1.54) is 0 Å². The fraction of sp³-hybridized carbons (Fsp3) is 0.429. The van der Waals surface area contributed by atoms with Crippen molar-refractivity contribution in [3.63, 3.8) is 0 Å². The average molecular weight is 313 g/mol. The summed E-state index contributed by atoms with van der Waals surface area (Å²) in [6, 6.07) is 4.24. The third kappa shape index (κ3) is 1.90. The third-order valence-electron chi connectivity index (χ3n) is 4.30. The Morgan fingerprint density at radius 3 is 2.85 bits per heavy atom. The minimum Gasteiger partial charge on any atom is -0.334 e. The molecule has 1 aromatic rings. The first-order valence-electron chi connectivity index (χ1n) is 6.53. The molecular formula is C14H14Cl2N2O2. The molecule has 0 radical (unpaired) electrons. The summed E-state index contributed by atoms with van der Waals surface area (Å²) in [7, 11) is 0. The SMILES string of the molecule is CC12CCCC1NC(=O)N(c1cc(Cl)ccc1Cl)C2=O. The molecule has 0 spiro atoms. The van der Waals surface area contributed by atoms with E-state index in [4.69, 9.17) is 23.2 Å². The predicted octanol–water partition coefficient (Wildman–Crippen LogP) is 3.61. The number of carbonyl (C=O) groups excluding carboxylic acids is 2. The maximum atomic E-state index is 12.8. The molecule has 3 amide bonds. The van der Waals surface area contributed by atoms with Crippen molar-refractivity contribution in [3.8, 4) is 0 Å². The topological polar surface area (TPSA) is 49.4 Å². The highest BCUT2D eigenvalue weighted by molar-refractivity contribution is 6.37. The highest BCUT2D eigenvalue weighted by Gasteiger charge is 2.53. The van der Waals surface area contributed by atoms with Crippen molar-refractivity contribution in [1.29, 1.82) is 0 Å².